The first-order valence-electron chi connectivity index (χ1n) is 10.7. The Balaban J connectivity index is 1.21. The summed E-state index contributed by atoms with van der Waals surface area (Å²) in [6, 6.07) is 21.4. The first-order chi connectivity index (χ1) is 16.2. The lowest BCUT2D eigenvalue weighted by molar-refractivity contribution is -0.115. The maximum atomic E-state index is 12.4. The summed E-state index contributed by atoms with van der Waals surface area (Å²) in [5.74, 6) is 2.10. The van der Waals surface area contributed by atoms with Crippen molar-refractivity contribution in [3.05, 3.63) is 88.3 Å². The molecule has 1 saturated heterocycles. The maximum Gasteiger partial charge on any atom is 0.264 e. The van der Waals surface area contributed by atoms with E-state index >= 15 is 0 Å². The lowest BCUT2D eigenvalue weighted by Gasteiger charge is -2.07. The van der Waals surface area contributed by atoms with Crippen molar-refractivity contribution in [3.63, 3.8) is 0 Å². The number of nitrogens with one attached hydrogen (secondary N) is 1. The molecule has 33 heavy (non-hydrogen) atoms. The number of benzene rings is 3. The number of hydrogen-bond donors (Lipinski definition) is 1. The minimum atomic E-state index is -0.146. The second-order valence-corrected chi connectivity index (χ2v) is 8.58. The van der Waals surface area contributed by atoms with Crippen molar-refractivity contribution < 1.29 is 19.0 Å². The van der Waals surface area contributed by atoms with Gasteiger partial charge >= 0.3 is 0 Å². The molecule has 2 heterocycles. The first kappa shape index (κ1) is 21.2. The van der Waals surface area contributed by atoms with Gasteiger partial charge in [-0.25, -0.2) is 4.99 Å². The summed E-state index contributed by atoms with van der Waals surface area (Å²) in [6.07, 6.45) is 2.84. The Morgan fingerprint density at radius 2 is 1.76 bits per heavy atom. The second-order valence-electron chi connectivity index (χ2n) is 7.55. The highest BCUT2D eigenvalue weighted by atomic mass is 32.2. The van der Waals surface area contributed by atoms with Crippen LogP contribution in [0.15, 0.2) is 76.6 Å². The van der Waals surface area contributed by atoms with Crippen molar-refractivity contribution >= 4 is 34.6 Å². The molecule has 6 nitrogen and oxygen atoms in total. The van der Waals surface area contributed by atoms with E-state index < -0.39 is 0 Å². The molecule has 0 radical (unpaired) electrons. The van der Waals surface area contributed by atoms with E-state index in [1.165, 1.54) is 17.3 Å². The number of aryl methyl sites for hydroxylation is 1. The molecule has 5 rings (SSSR count). The minimum Gasteiger partial charge on any atom is -0.489 e. The highest BCUT2D eigenvalue weighted by Crippen LogP contribution is 2.33. The van der Waals surface area contributed by atoms with Gasteiger partial charge in [-0.15, -0.1) is 0 Å². The molecular formula is C26H22N2O4S. The van der Waals surface area contributed by atoms with Crippen molar-refractivity contribution in [1.29, 1.82) is 0 Å². The van der Waals surface area contributed by atoms with Crippen LogP contribution in [-0.2, 0) is 17.8 Å². The van der Waals surface area contributed by atoms with Gasteiger partial charge in [-0.05, 0) is 77.3 Å². The third-order valence-corrected chi connectivity index (χ3v) is 6.16. The van der Waals surface area contributed by atoms with Gasteiger partial charge in [0, 0.05) is 0 Å². The van der Waals surface area contributed by atoms with E-state index in [-0.39, 0.29) is 12.7 Å². The molecule has 1 amide bonds. The highest BCUT2D eigenvalue weighted by molar-refractivity contribution is 8.18. The van der Waals surface area contributed by atoms with Crippen LogP contribution in [0, 0.1) is 0 Å². The molecule has 0 atom stereocenters. The van der Waals surface area contributed by atoms with Crippen molar-refractivity contribution in [2.45, 2.75) is 20.0 Å². The largest absolute Gasteiger partial charge is 0.489 e. The van der Waals surface area contributed by atoms with E-state index in [0.29, 0.717) is 16.7 Å². The molecule has 1 fully saturated rings. The van der Waals surface area contributed by atoms with Gasteiger partial charge in [0.15, 0.2) is 16.7 Å². The predicted molar refractivity (Wildman–Crippen MR) is 130 cm³/mol. The summed E-state index contributed by atoms with van der Waals surface area (Å²) in [6.45, 7) is 2.80. The summed E-state index contributed by atoms with van der Waals surface area (Å²) in [5.41, 5.74) is 3.99. The van der Waals surface area contributed by atoms with Crippen molar-refractivity contribution in [1.82, 2.24) is 5.32 Å². The van der Waals surface area contributed by atoms with Gasteiger partial charge in [-0.1, -0.05) is 37.3 Å². The van der Waals surface area contributed by atoms with Gasteiger partial charge < -0.3 is 19.5 Å². The molecule has 0 spiro atoms. The summed E-state index contributed by atoms with van der Waals surface area (Å²) in [5, 5.41) is 3.41. The van der Waals surface area contributed by atoms with Gasteiger partial charge in [-0.3, -0.25) is 4.79 Å². The molecule has 0 unspecified atom stereocenters. The van der Waals surface area contributed by atoms with Gasteiger partial charge in [-0.2, -0.15) is 0 Å². The molecule has 0 bridgehead atoms. The number of rotatable bonds is 6. The van der Waals surface area contributed by atoms with Crippen LogP contribution in [-0.4, -0.2) is 17.9 Å². The maximum absolute atomic E-state index is 12.4. The van der Waals surface area contributed by atoms with Crippen LogP contribution in [0.5, 0.6) is 17.2 Å². The fraction of sp³-hybridized carbons (Fsp3) is 0.154. The zero-order valence-electron chi connectivity index (χ0n) is 18.0. The summed E-state index contributed by atoms with van der Waals surface area (Å²) in [4.78, 5) is 17.5. The van der Waals surface area contributed by atoms with E-state index in [9.17, 15) is 4.79 Å². The van der Waals surface area contributed by atoms with E-state index in [0.717, 1.165) is 40.5 Å². The summed E-state index contributed by atoms with van der Waals surface area (Å²) in [7, 11) is 0. The lowest BCUT2D eigenvalue weighted by atomic mass is 10.2. The minimum absolute atomic E-state index is 0.146. The molecule has 3 aromatic rings. The summed E-state index contributed by atoms with van der Waals surface area (Å²) < 4.78 is 16.6. The van der Waals surface area contributed by atoms with Crippen LogP contribution in [0.1, 0.15) is 23.6 Å². The Bertz CT molecular complexity index is 1230. The topological polar surface area (TPSA) is 69.2 Å². The SMILES string of the molecule is CCc1ccc(N=C2NC(=O)/C(=C/c3ccc(OCc4ccc5c(c4)OCO5)cc3)S2)cc1. The van der Waals surface area contributed by atoms with Gasteiger partial charge in [0.2, 0.25) is 6.79 Å². The normalized spacial score (nSPS) is 16.9. The Labute approximate surface area is 196 Å². The number of amidine groups is 1. The Hall–Kier alpha value is -3.71. The van der Waals surface area contributed by atoms with Gasteiger partial charge in [0.25, 0.3) is 5.91 Å². The van der Waals surface area contributed by atoms with Crippen LogP contribution in [0.25, 0.3) is 6.08 Å². The number of thioether (sulfide) groups is 1. The van der Waals surface area contributed by atoms with Crippen LogP contribution in [0.4, 0.5) is 5.69 Å². The van der Waals surface area contributed by atoms with E-state index in [1.807, 2.05) is 72.8 Å². The van der Waals surface area contributed by atoms with E-state index in [4.69, 9.17) is 14.2 Å². The number of aliphatic imine (C=N–C) groups is 1. The Kier molecular flexibility index (Phi) is 6.04. The average Bonchev–Trinajstić information content (AvgIpc) is 3.45. The third-order valence-electron chi connectivity index (χ3n) is 5.25. The molecule has 166 valence electrons. The van der Waals surface area contributed by atoms with E-state index in [1.54, 1.807) is 0 Å². The molecule has 7 heteroatoms. The number of carbonyl (C=O) groups is 1. The standard InChI is InChI=1S/C26H22N2O4S/c1-2-17-3-8-20(9-4-17)27-26-28-25(29)24(33-26)14-18-5-10-21(11-6-18)30-15-19-7-12-22-23(13-19)32-16-31-22/h3-14H,2,15-16H2,1H3,(H,27,28,29)/b24-14-. The van der Waals surface area contributed by atoms with Crippen LogP contribution in [0.3, 0.4) is 0 Å². The number of amides is 1. The molecule has 0 aliphatic carbocycles. The number of fused-ring (bicyclic) bond motifs is 1. The molecule has 0 aromatic heterocycles. The smallest absolute Gasteiger partial charge is 0.264 e. The van der Waals surface area contributed by atoms with Crippen molar-refractivity contribution in [2.24, 2.45) is 4.99 Å². The molecule has 2 aliphatic heterocycles. The van der Waals surface area contributed by atoms with Crippen molar-refractivity contribution in [3.8, 4) is 17.2 Å². The fourth-order valence-electron chi connectivity index (χ4n) is 3.41. The highest BCUT2D eigenvalue weighted by Gasteiger charge is 2.23. The Morgan fingerprint density at radius 1 is 1.00 bits per heavy atom. The quantitative estimate of drug-likeness (QED) is 0.498. The summed E-state index contributed by atoms with van der Waals surface area (Å²) >= 11 is 1.34. The fourth-order valence-corrected chi connectivity index (χ4v) is 4.25. The lowest BCUT2D eigenvalue weighted by Crippen LogP contribution is -2.19. The van der Waals surface area contributed by atoms with Crippen LogP contribution >= 0.6 is 11.8 Å². The average molecular weight is 459 g/mol. The number of ether oxygens (including phenoxy) is 3. The monoisotopic (exact) mass is 458 g/mol. The Morgan fingerprint density at radius 3 is 2.55 bits per heavy atom. The zero-order chi connectivity index (χ0) is 22.6. The molecule has 3 aromatic carbocycles. The first-order valence-corrected chi connectivity index (χ1v) is 11.5. The van der Waals surface area contributed by atoms with Gasteiger partial charge in [0.1, 0.15) is 12.4 Å². The van der Waals surface area contributed by atoms with Crippen LogP contribution in [0.2, 0.25) is 0 Å². The number of carbonyl (C=O) groups excluding carboxylic acids is 1. The molecule has 2 aliphatic rings. The molecule has 0 saturated carbocycles. The van der Waals surface area contributed by atoms with Crippen molar-refractivity contribution in [2.75, 3.05) is 6.79 Å². The number of nitrogens with zero attached hydrogens (tertiary/aromatic N) is 1. The van der Waals surface area contributed by atoms with Crippen LogP contribution < -0.4 is 19.5 Å². The molecular weight excluding hydrogens is 436 g/mol. The van der Waals surface area contributed by atoms with Gasteiger partial charge in [0.05, 0.1) is 10.6 Å². The van der Waals surface area contributed by atoms with E-state index in [2.05, 4.69) is 17.2 Å². The second kappa shape index (κ2) is 9.42. The number of hydrogen-bond acceptors (Lipinski definition) is 6. The molecule has 1 N–H and O–H groups in total. The predicted octanol–water partition coefficient (Wildman–Crippen LogP) is 5.45. The third kappa shape index (κ3) is 5.04. The zero-order valence-corrected chi connectivity index (χ0v) is 18.9.